The van der Waals surface area contributed by atoms with E-state index in [1.165, 1.54) is 11.1 Å². The number of ether oxygens (including phenoxy) is 1. The molecule has 3 rings (SSSR count). The highest BCUT2D eigenvalue weighted by atomic mass is 16.6. The first kappa shape index (κ1) is 16.5. The van der Waals surface area contributed by atoms with E-state index in [1.54, 1.807) is 11.1 Å². The Morgan fingerprint density at radius 3 is 2.42 bits per heavy atom. The van der Waals surface area contributed by atoms with Crippen molar-refractivity contribution in [2.45, 2.75) is 20.0 Å². The molecule has 0 saturated carbocycles. The van der Waals surface area contributed by atoms with Crippen LogP contribution in [-0.2, 0) is 17.8 Å². The van der Waals surface area contributed by atoms with Crippen molar-refractivity contribution in [2.75, 3.05) is 32.8 Å². The zero-order chi connectivity index (χ0) is 16.8. The zero-order valence-corrected chi connectivity index (χ0v) is 14.1. The molecule has 0 bridgehead atoms. The lowest BCUT2D eigenvalue weighted by Crippen LogP contribution is -2.48. The molecule has 1 amide bonds. The SMILES string of the molecule is CCOC(=O)N1CCN(Cc2ccccc2Cn2cccn2)CC1. The van der Waals surface area contributed by atoms with Crippen LogP contribution in [-0.4, -0.2) is 58.5 Å². The predicted molar refractivity (Wildman–Crippen MR) is 91.6 cm³/mol. The summed E-state index contributed by atoms with van der Waals surface area (Å²) >= 11 is 0. The van der Waals surface area contributed by atoms with E-state index in [1.807, 2.05) is 23.9 Å². The third kappa shape index (κ3) is 4.14. The number of aromatic nitrogens is 2. The minimum absolute atomic E-state index is 0.198. The molecule has 1 aliphatic heterocycles. The monoisotopic (exact) mass is 328 g/mol. The molecule has 1 aromatic heterocycles. The van der Waals surface area contributed by atoms with Crippen molar-refractivity contribution >= 4 is 6.09 Å². The largest absolute Gasteiger partial charge is 0.450 e. The van der Waals surface area contributed by atoms with Gasteiger partial charge in [0.15, 0.2) is 0 Å². The Bertz CT molecular complexity index is 649. The molecule has 1 aromatic carbocycles. The molecule has 2 heterocycles. The fraction of sp³-hybridized carbons (Fsp3) is 0.444. The maximum absolute atomic E-state index is 11.8. The Labute approximate surface area is 142 Å². The summed E-state index contributed by atoms with van der Waals surface area (Å²) in [5, 5.41) is 4.29. The van der Waals surface area contributed by atoms with Gasteiger partial charge >= 0.3 is 6.09 Å². The summed E-state index contributed by atoms with van der Waals surface area (Å²) in [4.78, 5) is 15.9. The second-order valence-corrected chi connectivity index (χ2v) is 5.93. The minimum Gasteiger partial charge on any atom is -0.450 e. The lowest BCUT2D eigenvalue weighted by atomic mass is 10.1. The van der Waals surface area contributed by atoms with Crippen molar-refractivity contribution < 1.29 is 9.53 Å². The molecular formula is C18H24N4O2. The fourth-order valence-electron chi connectivity index (χ4n) is 2.98. The Balaban J connectivity index is 1.58. The predicted octanol–water partition coefficient (Wildman–Crippen LogP) is 2.21. The second kappa shape index (κ2) is 7.97. The minimum atomic E-state index is -0.198. The van der Waals surface area contributed by atoms with E-state index in [0.717, 1.165) is 39.3 Å². The number of carbonyl (C=O) groups excluding carboxylic acids is 1. The highest BCUT2D eigenvalue weighted by Gasteiger charge is 2.22. The van der Waals surface area contributed by atoms with Crippen molar-refractivity contribution in [3.05, 3.63) is 53.9 Å². The number of carbonyl (C=O) groups is 1. The topological polar surface area (TPSA) is 50.6 Å². The molecule has 1 aliphatic rings. The van der Waals surface area contributed by atoms with Gasteiger partial charge in [-0.15, -0.1) is 0 Å². The van der Waals surface area contributed by atoms with Crippen molar-refractivity contribution in [1.82, 2.24) is 19.6 Å². The quantitative estimate of drug-likeness (QED) is 0.844. The van der Waals surface area contributed by atoms with Crippen LogP contribution in [0.15, 0.2) is 42.7 Å². The molecule has 1 fully saturated rings. The van der Waals surface area contributed by atoms with Crippen LogP contribution in [0.1, 0.15) is 18.1 Å². The van der Waals surface area contributed by atoms with Gasteiger partial charge in [-0.3, -0.25) is 9.58 Å². The Kier molecular flexibility index (Phi) is 5.48. The van der Waals surface area contributed by atoms with E-state index in [4.69, 9.17) is 4.74 Å². The standard InChI is InChI=1S/C18H24N4O2/c1-2-24-18(23)21-12-10-20(11-13-21)14-16-6-3-4-7-17(16)15-22-9-5-8-19-22/h3-9H,2,10-15H2,1H3. The first-order chi connectivity index (χ1) is 11.8. The van der Waals surface area contributed by atoms with Gasteiger partial charge in [-0.2, -0.15) is 5.10 Å². The molecule has 6 heteroatoms. The molecule has 6 nitrogen and oxygen atoms in total. The second-order valence-electron chi connectivity index (χ2n) is 5.93. The molecule has 0 radical (unpaired) electrons. The summed E-state index contributed by atoms with van der Waals surface area (Å²) in [5.74, 6) is 0. The molecular weight excluding hydrogens is 304 g/mol. The van der Waals surface area contributed by atoms with Crippen molar-refractivity contribution in [3.8, 4) is 0 Å². The normalized spacial score (nSPS) is 15.5. The number of amides is 1. The molecule has 1 saturated heterocycles. The maximum atomic E-state index is 11.8. The van der Waals surface area contributed by atoms with Gasteiger partial charge < -0.3 is 9.64 Å². The first-order valence-electron chi connectivity index (χ1n) is 8.44. The van der Waals surface area contributed by atoms with E-state index in [2.05, 4.69) is 34.3 Å². The molecule has 128 valence electrons. The summed E-state index contributed by atoms with van der Waals surface area (Å²) in [7, 11) is 0. The molecule has 0 unspecified atom stereocenters. The van der Waals surface area contributed by atoms with Gasteiger partial charge in [0, 0.05) is 45.1 Å². The van der Waals surface area contributed by atoms with Crippen LogP contribution in [0.4, 0.5) is 4.79 Å². The molecule has 0 N–H and O–H groups in total. The van der Waals surface area contributed by atoms with E-state index >= 15 is 0 Å². The average Bonchev–Trinajstić information content (AvgIpc) is 3.11. The zero-order valence-electron chi connectivity index (χ0n) is 14.1. The van der Waals surface area contributed by atoms with Crippen molar-refractivity contribution in [2.24, 2.45) is 0 Å². The number of nitrogens with zero attached hydrogens (tertiary/aromatic N) is 4. The molecule has 2 aromatic rings. The lowest BCUT2D eigenvalue weighted by molar-refractivity contribution is 0.0777. The number of hydrogen-bond acceptors (Lipinski definition) is 4. The molecule has 24 heavy (non-hydrogen) atoms. The fourth-order valence-corrected chi connectivity index (χ4v) is 2.98. The van der Waals surface area contributed by atoms with Gasteiger partial charge in [0.1, 0.15) is 0 Å². The smallest absolute Gasteiger partial charge is 0.409 e. The van der Waals surface area contributed by atoms with Crippen LogP contribution in [0.2, 0.25) is 0 Å². The summed E-state index contributed by atoms with van der Waals surface area (Å²) in [6.45, 7) is 7.13. The third-order valence-electron chi connectivity index (χ3n) is 4.30. The summed E-state index contributed by atoms with van der Waals surface area (Å²) < 4.78 is 7.01. The maximum Gasteiger partial charge on any atom is 0.409 e. The van der Waals surface area contributed by atoms with Crippen LogP contribution in [0.3, 0.4) is 0 Å². The number of benzene rings is 1. The Hall–Kier alpha value is -2.34. The summed E-state index contributed by atoms with van der Waals surface area (Å²) in [6, 6.07) is 10.4. The summed E-state index contributed by atoms with van der Waals surface area (Å²) in [5.41, 5.74) is 2.60. The number of rotatable bonds is 5. The van der Waals surface area contributed by atoms with Crippen LogP contribution >= 0.6 is 0 Å². The van der Waals surface area contributed by atoms with E-state index < -0.39 is 0 Å². The third-order valence-corrected chi connectivity index (χ3v) is 4.30. The van der Waals surface area contributed by atoms with Gasteiger partial charge in [-0.05, 0) is 24.1 Å². The van der Waals surface area contributed by atoms with Gasteiger partial charge in [0.25, 0.3) is 0 Å². The van der Waals surface area contributed by atoms with Gasteiger partial charge in [0.2, 0.25) is 0 Å². The van der Waals surface area contributed by atoms with Crippen molar-refractivity contribution in [3.63, 3.8) is 0 Å². The lowest BCUT2D eigenvalue weighted by Gasteiger charge is -2.34. The van der Waals surface area contributed by atoms with Crippen LogP contribution in [0.25, 0.3) is 0 Å². The Morgan fingerprint density at radius 1 is 1.08 bits per heavy atom. The van der Waals surface area contributed by atoms with E-state index in [-0.39, 0.29) is 6.09 Å². The highest BCUT2D eigenvalue weighted by molar-refractivity contribution is 5.67. The van der Waals surface area contributed by atoms with Gasteiger partial charge in [-0.25, -0.2) is 4.79 Å². The average molecular weight is 328 g/mol. The summed E-state index contributed by atoms with van der Waals surface area (Å²) in [6.07, 6.45) is 3.59. The molecule has 0 atom stereocenters. The van der Waals surface area contributed by atoms with Crippen molar-refractivity contribution in [1.29, 1.82) is 0 Å². The number of piperazine rings is 1. The Morgan fingerprint density at radius 2 is 1.79 bits per heavy atom. The van der Waals surface area contributed by atoms with E-state index in [9.17, 15) is 4.79 Å². The van der Waals surface area contributed by atoms with Gasteiger partial charge in [-0.1, -0.05) is 24.3 Å². The molecule has 0 spiro atoms. The first-order valence-corrected chi connectivity index (χ1v) is 8.44. The van der Waals surface area contributed by atoms with Crippen LogP contribution < -0.4 is 0 Å². The highest BCUT2D eigenvalue weighted by Crippen LogP contribution is 2.15. The van der Waals surface area contributed by atoms with Gasteiger partial charge in [0.05, 0.1) is 13.2 Å². The molecule has 0 aliphatic carbocycles. The van der Waals surface area contributed by atoms with Crippen LogP contribution in [0.5, 0.6) is 0 Å². The number of hydrogen-bond donors (Lipinski definition) is 0. The van der Waals surface area contributed by atoms with Crippen LogP contribution in [0, 0.1) is 0 Å². The van der Waals surface area contributed by atoms with E-state index in [0.29, 0.717) is 6.61 Å².